The van der Waals surface area contributed by atoms with Gasteiger partial charge in [-0.25, -0.2) is 0 Å². The van der Waals surface area contributed by atoms with Gasteiger partial charge in [0.2, 0.25) is 0 Å². The molecule has 1 spiro atoms. The first-order valence-corrected chi connectivity index (χ1v) is 13.7. The minimum atomic E-state index is 0.375. The Balaban J connectivity index is 0.000000170. The molecule has 2 aliphatic carbocycles. The van der Waals surface area contributed by atoms with Gasteiger partial charge in [0.05, 0.1) is 0 Å². The first-order valence-electron chi connectivity index (χ1n) is 13.7. The Morgan fingerprint density at radius 1 is 0.656 bits per heavy atom. The van der Waals surface area contributed by atoms with E-state index >= 15 is 0 Å². The van der Waals surface area contributed by atoms with Crippen LogP contribution in [0.5, 0.6) is 0 Å². The SMILES string of the molecule is CC(C)(C)C1=CCCC1(C)C.CC(C)(C)N1CC2(CCC2)C1.CC(C)(C)N1CCCCC1. The highest BCUT2D eigenvalue weighted by molar-refractivity contribution is 5.23. The molecule has 2 heterocycles. The van der Waals surface area contributed by atoms with Crippen LogP contribution in [0.1, 0.15) is 128 Å². The van der Waals surface area contributed by atoms with Gasteiger partial charge in [-0.05, 0) is 109 Å². The first-order chi connectivity index (χ1) is 14.5. The molecule has 3 fully saturated rings. The highest BCUT2D eigenvalue weighted by Crippen LogP contribution is 2.50. The number of allylic oxidation sites excluding steroid dienone is 2. The zero-order valence-corrected chi connectivity index (χ0v) is 24.0. The Morgan fingerprint density at radius 3 is 1.41 bits per heavy atom. The maximum Gasteiger partial charge on any atom is 0.0125 e. The van der Waals surface area contributed by atoms with Gasteiger partial charge in [0.15, 0.2) is 0 Å². The van der Waals surface area contributed by atoms with E-state index in [2.05, 4.69) is 92.0 Å². The normalized spacial score (nSPS) is 25.5. The summed E-state index contributed by atoms with van der Waals surface area (Å²) in [6.45, 7) is 30.9. The van der Waals surface area contributed by atoms with E-state index in [-0.39, 0.29) is 0 Å². The van der Waals surface area contributed by atoms with Crippen molar-refractivity contribution in [1.82, 2.24) is 9.80 Å². The van der Waals surface area contributed by atoms with Crippen LogP contribution in [0.25, 0.3) is 0 Å². The molecule has 32 heavy (non-hydrogen) atoms. The van der Waals surface area contributed by atoms with Crippen LogP contribution in [0.4, 0.5) is 0 Å². The van der Waals surface area contributed by atoms with Crippen molar-refractivity contribution in [2.75, 3.05) is 26.2 Å². The molecule has 2 heteroatoms. The van der Waals surface area contributed by atoms with Crippen LogP contribution in [-0.2, 0) is 0 Å². The lowest BCUT2D eigenvalue weighted by Crippen LogP contribution is -2.64. The van der Waals surface area contributed by atoms with Gasteiger partial charge in [0.1, 0.15) is 0 Å². The zero-order chi connectivity index (χ0) is 24.4. The standard InChI is InChI=1S/C11H20.C10H19N.C9H19N/c1-10(2,3)9-7-6-8-11(9,4)5;1-9(2,3)11-7-10(8-11)5-4-6-10;1-9(2,3)10-7-5-4-6-8-10/h7H,6,8H2,1-5H3;4-8H2,1-3H3;4-8H2,1-3H3. The maximum atomic E-state index is 2.60. The smallest absolute Gasteiger partial charge is 0.0125 e. The van der Waals surface area contributed by atoms with Gasteiger partial charge >= 0.3 is 0 Å². The van der Waals surface area contributed by atoms with Crippen molar-refractivity contribution in [3.63, 3.8) is 0 Å². The van der Waals surface area contributed by atoms with Crippen molar-refractivity contribution in [3.8, 4) is 0 Å². The third-order valence-corrected chi connectivity index (χ3v) is 8.38. The van der Waals surface area contributed by atoms with Crippen molar-refractivity contribution in [2.45, 2.75) is 139 Å². The molecular weight excluding hydrogens is 388 g/mol. The molecule has 1 saturated carbocycles. The summed E-state index contributed by atoms with van der Waals surface area (Å²) < 4.78 is 0. The molecule has 4 aliphatic rings. The summed E-state index contributed by atoms with van der Waals surface area (Å²) in [6.07, 6.45) is 13.8. The summed E-state index contributed by atoms with van der Waals surface area (Å²) in [6, 6.07) is 0. The molecule has 2 nitrogen and oxygen atoms in total. The molecule has 0 unspecified atom stereocenters. The van der Waals surface area contributed by atoms with Gasteiger partial charge in [0, 0.05) is 24.2 Å². The second-order valence-electron chi connectivity index (χ2n) is 14.9. The lowest BCUT2D eigenvalue weighted by molar-refractivity contribution is -0.104. The van der Waals surface area contributed by atoms with Crippen LogP contribution in [0.2, 0.25) is 0 Å². The third-order valence-electron chi connectivity index (χ3n) is 8.38. The summed E-state index contributed by atoms with van der Waals surface area (Å²) in [5, 5.41) is 0. The zero-order valence-electron chi connectivity index (χ0n) is 24.0. The van der Waals surface area contributed by atoms with Gasteiger partial charge in [-0.1, -0.05) is 59.1 Å². The molecule has 188 valence electrons. The van der Waals surface area contributed by atoms with Gasteiger partial charge in [0.25, 0.3) is 0 Å². The average Bonchev–Trinajstić information content (AvgIpc) is 2.92. The van der Waals surface area contributed by atoms with E-state index in [1.165, 1.54) is 77.5 Å². The topological polar surface area (TPSA) is 6.48 Å². The van der Waals surface area contributed by atoms with E-state index in [0.717, 1.165) is 5.41 Å². The van der Waals surface area contributed by atoms with Crippen LogP contribution in [0, 0.1) is 16.2 Å². The number of nitrogens with zero attached hydrogens (tertiary/aromatic N) is 2. The lowest BCUT2D eigenvalue weighted by atomic mass is 9.62. The minimum absolute atomic E-state index is 0.375. The second kappa shape index (κ2) is 10.1. The second-order valence-corrected chi connectivity index (χ2v) is 14.9. The highest BCUT2D eigenvalue weighted by Gasteiger charge is 2.49. The summed E-state index contributed by atoms with van der Waals surface area (Å²) in [7, 11) is 0. The third kappa shape index (κ3) is 7.59. The molecule has 2 aliphatic heterocycles. The average molecular weight is 447 g/mol. The first kappa shape index (κ1) is 27.9. The van der Waals surface area contributed by atoms with Gasteiger partial charge in [-0.3, -0.25) is 9.80 Å². The van der Waals surface area contributed by atoms with E-state index in [9.17, 15) is 0 Å². The lowest BCUT2D eigenvalue weighted by Gasteiger charge is -2.60. The monoisotopic (exact) mass is 446 g/mol. The van der Waals surface area contributed by atoms with Gasteiger partial charge in [-0.15, -0.1) is 0 Å². The maximum absolute atomic E-state index is 2.60. The highest BCUT2D eigenvalue weighted by atomic mass is 15.3. The van der Waals surface area contributed by atoms with Gasteiger partial charge < -0.3 is 0 Å². The minimum Gasteiger partial charge on any atom is -0.298 e. The van der Waals surface area contributed by atoms with E-state index in [1.54, 1.807) is 5.57 Å². The molecule has 0 aromatic rings. The van der Waals surface area contributed by atoms with E-state index in [4.69, 9.17) is 0 Å². The fourth-order valence-corrected chi connectivity index (χ4v) is 6.11. The molecule has 0 bridgehead atoms. The quantitative estimate of drug-likeness (QED) is 0.345. The van der Waals surface area contributed by atoms with Crippen molar-refractivity contribution in [2.24, 2.45) is 16.2 Å². The van der Waals surface area contributed by atoms with Crippen molar-refractivity contribution in [3.05, 3.63) is 11.6 Å². The van der Waals surface area contributed by atoms with Crippen LogP contribution in [0.15, 0.2) is 11.6 Å². The molecule has 4 rings (SSSR count). The van der Waals surface area contributed by atoms with Crippen LogP contribution in [-0.4, -0.2) is 47.1 Å². The molecular formula is C30H58N2. The number of hydrogen-bond donors (Lipinski definition) is 0. The van der Waals surface area contributed by atoms with Crippen molar-refractivity contribution >= 4 is 0 Å². The fourth-order valence-electron chi connectivity index (χ4n) is 6.11. The van der Waals surface area contributed by atoms with E-state index in [1.807, 2.05) is 0 Å². The fraction of sp³-hybridized carbons (Fsp3) is 0.933. The largest absolute Gasteiger partial charge is 0.298 e. The van der Waals surface area contributed by atoms with E-state index in [0.29, 0.717) is 21.9 Å². The Bertz CT molecular complexity index is 603. The van der Waals surface area contributed by atoms with Crippen molar-refractivity contribution < 1.29 is 0 Å². The molecule has 0 atom stereocenters. The Hall–Kier alpha value is -0.340. The molecule has 0 aromatic heterocycles. The number of likely N-dealkylation sites (tertiary alicyclic amines) is 2. The molecule has 0 aromatic carbocycles. The Kier molecular flexibility index (Phi) is 8.81. The Morgan fingerprint density at radius 2 is 1.16 bits per heavy atom. The summed E-state index contributed by atoms with van der Waals surface area (Å²) in [4.78, 5) is 5.18. The van der Waals surface area contributed by atoms with Crippen molar-refractivity contribution in [1.29, 1.82) is 0 Å². The van der Waals surface area contributed by atoms with Crippen LogP contribution < -0.4 is 0 Å². The van der Waals surface area contributed by atoms with Gasteiger partial charge in [-0.2, -0.15) is 0 Å². The summed E-state index contributed by atoms with van der Waals surface area (Å²) >= 11 is 0. The predicted octanol–water partition coefficient (Wildman–Crippen LogP) is 8.32. The number of hydrogen-bond acceptors (Lipinski definition) is 2. The molecule has 0 radical (unpaired) electrons. The summed E-state index contributed by atoms with van der Waals surface area (Å²) in [5.74, 6) is 0. The molecule has 0 amide bonds. The Labute approximate surface area is 202 Å². The predicted molar refractivity (Wildman–Crippen MR) is 143 cm³/mol. The summed E-state index contributed by atoms with van der Waals surface area (Å²) in [5.41, 5.74) is 4.09. The van der Waals surface area contributed by atoms with Crippen LogP contribution >= 0.6 is 0 Å². The molecule has 2 saturated heterocycles. The van der Waals surface area contributed by atoms with E-state index < -0.39 is 0 Å². The molecule has 0 N–H and O–H groups in total. The number of rotatable bonds is 0. The number of piperidine rings is 1. The van der Waals surface area contributed by atoms with Crippen LogP contribution in [0.3, 0.4) is 0 Å².